The summed E-state index contributed by atoms with van der Waals surface area (Å²) in [6, 6.07) is 19.1. The van der Waals surface area contributed by atoms with Gasteiger partial charge in [-0.05, 0) is 35.9 Å². The highest BCUT2D eigenvalue weighted by Gasteiger charge is 2.13. The molecule has 6 nitrogen and oxygen atoms in total. The highest BCUT2D eigenvalue weighted by atomic mass is 19.1. The fraction of sp³-hybridized carbons (Fsp3) is 0.0500. The molecule has 4 rings (SSSR count). The third kappa shape index (κ3) is 3.77. The molecule has 0 aliphatic heterocycles. The van der Waals surface area contributed by atoms with Crippen LogP contribution in [-0.2, 0) is 6.54 Å². The molecule has 134 valence electrons. The molecule has 4 aromatic rings. The van der Waals surface area contributed by atoms with Gasteiger partial charge in [-0.25, -0.2) is 13.8 Å². The molecule has 0 fully saturated rings. The van der Waals surface area contributed by atoms with Crippen LogP contribution in [0.5, 0.6) is 0 Å². The molecule has 0 radical (unpaired) electrons. The molecule has 7 heteroatoms. The average Bonchev–Trinajstić information content (AvgIpc) is 3.33. The van der Waals surface area contributed by atoms with Gasteiger partial charge in [0.2, 0.25) is 0 Å². The van der Waals surface area contributed by atoms with Crippen LogP contribution in [0.3, 0.4) is 0 Å². The summed E-state index contributed by atoms with van der Waals surface area (Å²) >= 11 is 0. The van der Waals surface area contributed by atoms with Crippen LogP contribution in [0.15, 0.2) is 79.1 Å². The lowest BCUT2D eigenvalue weighted by Gasteiger charge is -2.08. The van der Waals surface area contributed by atoms with Crippen LogP contribution >= 0.6 is 0 Å². The van der Waals surface area contributed by atoms with Crippen LogP contribution in [0.25, 0.3) is 5.69 Å². The van der Waals surface area contributed by atoms with E-state index in [1.807, 2.05) is 30.3 Å². The first kappa shape index (κ1) is 16.7. The number of nitrogens with one attached hydrogen (secondary N) is 1. The second kappa shape index (κ2) is 7.25. The summed E-state index contributed by atoms with van der Waals surface area (Å²) in [4.78, 5) is 12.5. The van der Waals surface area contributed by atoms with Crippen molar-refractivity contribution in [1.29, 1.82) is 0 Å². The molecule has 2 aromatic heterocycles. The van der Waals surface area contributed by atoms with Gasteiger partial charge in [0.1, 0.15) is 11.6 Å². The normalized spacial score (nSPS) is 10.7. The minimum atomic E-state index is -0.342. The number of anilines is 1. The van der Waals surface area contributed by atoms with E-state index in [2.05, 4.69) is 15.5 Å². The van der Waals surface area contributed by atoms with Crippen molar-refractivity contribution in [3.8, 4) is 5.69 Å². The van der Waals surface area contributed by atoms with Crippen molar-refractivity contribution in [2.24, 2.45) is 0 Å². The molecule has 0 aliphatic rings. The number of benzene rings is 2. The van der Waals surface area contributed by atoms with Gasteiger partial charge in [0.05, 0.1) is 18.4 Å². The summed E-state index contributed by atoms with van der Waals surface area (Å²) in [7, 11) is 0. The van der Waals surface area contributed by atoms with Gasteiger partial charge in [-0.1, -0.05) is 30.3 Å². The molecule has 0 unspecified atom stereocenters. The largest absolute Gasteiger partial charge is 0.305 e. The molecule has 0 aliphatic carbocycles. The predicted octanol–water partition coefficient (Wildman–Crippen LogP) is 3.51. The molecule has 0 bridgehead atoms. The Kier molecular flexibility index (Phi) is 4.49. The van der Waals surface area contributed by atoms with Gasteiger partial charge >= 0.3 is 0 Å². The molecule has 1 amide bonds. The van der Waals surface area contributed by atoms with E-state index in [4.69, 9.17) is 0 Å². The zero-order valence-electron chi connectivity index (χ0n) is 14.3. The number of halogens is 1. The quantitative estimate of drug-likeness (QED) is 0.592. The Morgan fingerprint density at radius 2 is 1.78 bits per heavy atom. The van der Waals surface area contributed by atoms with E-state index in [0.717, 1.165) is 5.56 Å². The fourth-order valence-corrected chi connectivity index (χ4v) is 2.68. The predicted molar refractivity (Wildman–Crippen MR) is 99.2 cm³/mol. The zero-order valence-corrected chi connectivity index (χ0v) is 14.3. The Bertz CT molecular complexity index is 1050. The van der Waals surface area contributed by atoms with Crippen molar-refractivity contribution in [2.45, 2.75) is 6.54 Å². The number of amides is 1. The first-order chi connectivity index (χ1) is 13.2. The highest BCUT2D eigenvalue weighted by Crippen LogP contribution is 2.13. The van der Waals surface area contributed by atoms with Gasteiger partial charge in [-0.15, -0.1) is 0 Å². The molecule has 27 heavy (non-hydrogen) atoms. The van der Waals surface area contributed by atoms with Gasteiger partial charge in [-0.3, -0.25) is 4.79 Å². The van der Waals surface area contributed by atoms with Crippen molar-refractivity contribution in [3.05, 3.63) is 96.2 Å². The van der Waals surface area contributed by atoms with Crippen LogP contribution in [-0.4, -0.2) is 25.5 Å². The third-order valence-electron chi connectivity index (χ3n) is 4.05. The average molecular weight is 361 g/mol. The maximum atomic E-state index is 13.0. The van der Waals surface area contributed by atoms with Crippen LogP contribution in [0.1, 0.15) is 16.1 Å². The maximum Gasteiger partial charge on any atom is 0.277 e. The molecule has 1 N–H and O–H groups in total. The summed E-state index contributed by atoms with van der Waals surface area (Å²) in [5, 5.41) is 11.3. The van der Waals surface area contributed by atoms with E-state index in [9.17, 15) is 9.18 Å². The van der Waals surface area contributed by atoms with E-state index in [1.54, 1.807) is 41.3 Å². The number of aromatic nitrogens is 4. The number of hydrogen-bond donors (Lipinski definition) is 1. The molecule has 0 atom stereocenters. The van der Waals surface area contributed by atoms with Gasteiger partial charge in [0, 0.05) is 12.3 Å². The summed E-state index contributed by atoms with van der Waals surface area (Å²) in [5.74, 6) is -0.0820. The topological polar surface area (TPSA) is 64.7 Å². The number of nitrogens with zero attached hydrogens (tertiary/aromatic N) is 4. The molecule has 0 spiro atoms. The van der Waals surface area contributed by atoms with Crippen molar-refractivity contribution in [3.63, 3.8) is 0 Å². The Labute approximate surface area is 154 Å². The SMILES string of the molecule is O=C(Nc1ccnn1Cc1ccccc1)c1ccn(-c2ccc(F)cc2)n1. The lowest BCUT2D eigenvalue weighted by Crippen LogP contribution is -2.17. The molecule has 0 saturated heterocycles. The number of carbonyl (C=O) groups is 1. The molecule has 2 heterocycles. The standard InChI is InChI=1S/C20H16FN5O/c21-16-6-8-17(9-7-16)25-13-11-18(24-25)20(27)23-19-10-12-22-26(19)14-15-4-2-1-3-5-15/h1-13H,14H2,(H,23,27). The van der Waals surface area contributed by atoms with Crippen molar-refractivity contribution in [2.75, 3.05) is 5.32 Å². The monoisotopic (exact) mass is 361 g/mol. The highest BCUT2D eigenvalue weighted by molar-refractivity contribution is 6.02. The second-order valence-electron chi connectivity index (χ2n) is 5.94. The number of rotatable bonds is 5. The Morgan fingerprint density at radius 1 is 1.00 bits per heavy atom. The van der Waals surface area contributed by atoms with Gasteiger partial charge in [0.15, 0.2) is 5.69 Å². The summed E-state index contributed by atoms with van der Waals surface area (Å²) in [5.41, 5.74) is 2.01. The number of hydrogen-bond acceptors (Lipinski definition) is 3. The summed E-state index contributed by atoms with van der Waals surface area (Å²) < 4.78 is 16.3. The van der Waals surface area contributed by atoms with E-state index >= 15 is 0 Å². The van der Waals surface area contributed by atoms with E-state index in [0.29, 0.717) is 18.1 Å². The summed E-state index contributed by atoms with van der Waals surface area (Å²) in [6.45, 7) is 0.549. The minimum Gasteiger partial charge on any atom is -0.305 e. The fourth-order valence-electron chi connectivity index (χ4n) is 2.68. The van der Waals surface area contributed by atoms with Gasteiger partial charge < -0.3 is 5.32 Å². The van der Waals surface area contributed by atoms with Crippen molar-refractivity contribution in [1.82, 2.24) is 19.6 Å². The Hall–Kier alpha value is -3.74. The van der Waals surface area contributed by atoms with Crippen LogP contribution < -0.4 is 5.32 Å². The van der Waals surface area contributed by atoms with Crippen molar-refractivity contribution < 1.29 is 9.18 Å². The number of carbonyl (C=O) groups excluding carboxylic acids is 1. The Balaban J connectivity index is 1.49. The lowest BCUT2D eigenvalue weighted by atomic mass is 10.2. The maximum absolute atomic E-state index is 13.0. The summed E-state index contributed by atoms with van der Waals surface area (Å²) in [6.07, 6.45) is 3.29. The van der Waals surface area contributed by atoms with Gasteiger partial charge in [-0.2, -0.15) is 10.2 Å². The van der Waals surface area contributed by atoms with Crippen LogP contribution in [0.2, 0.25) is 0 Å². The molecule has 2 aromatic carbocycles. The first-order valence-electron chi connectivity index (χ1n) is 8.38. The molecule has 0 saturated carbocycles. The second-order valence-corrected chi connectivity index (χ2v) is 5.94. The Morgan fingerprint density at radius 3 is 2.56 bits per heavy atom. The van der Waals surface area contributed by atoms with E-state index < -0.39 is 0 Å². The van der Waals surface area contributed by atoms with Crippen LogP contribution in [0, 0.1) is 5.82 Å². The van der Waals surface area contributed by atoms with Crippen LogP contribution in [0.4, 0.5) is 10.2 Å². The smallest absolute Gasteiger partial charge is 0.277 e. The van der Waals surface area contributed by atoms with E-state index in [-0.39, 0.29) is 17.4 Å². The first-order valence-corrected chi connectivity index (χ1v) is 8.38. The van der Waals surface area contributed by atoms with E-state index in [1.165, 1.54) is 16.8 Å². The zero-order chi connectivity index (χ0) is 18.6. The molecular weight excluding hydrogens is 345 g/mol. The third-order valence-corrected chi connectivity index (χ3v) is 4.05. The minimum absolute atomic E-state index is 0.256. The molecular formula is C20H16FN5O. The lowest BCUT2D eigenvalue weighted by molar-refractivity contribution is 0.102. The van der Waals surface area contributed by atoms with Gasteiger partial charge in [0.25, 0.3) is 5.91 Å². The van der Waals surface area contributed by atoms with Crippen molar-refractivity contribution >= 4 is 11.7 Å².